The fraction of sp³-hybridized carbons (Fsp3) is 0.286. The van der Waals surface area contributed by atoms with E-state index in [0.717, 1.165) is 37.4 Å². The summed E-state index contributed by atoms with van der Waals surface area (Å²) in [6, 6.07) is 12.3. The Kier molecular flexibility index (Phi) is 5.16. The van der Waals surface area contributed by atoms with Crippen LogP contribution in [-0.4, -0.2) is 10.4 Å². The van der Waals surface area contributed by atoms with Crippen molar-refractivity contribution in [2.45, 2.75) is 38.9 Å². The third-order valence-corrected chi connectivity index (χ3v) is 4.51. The fourth-order valence-electron chi connectivity index (χ4n) is 3.22. The molecule has 0 saturated carbocycles. The van der Waals surface area contributed by atoms with E-state index in [1.165, 1.54) is 18.2 Å². The largest absolute Gasteiger partial charge is 0.417 e. The number of unbranched alkanes of at least 4 members (excludes halogenated alkanes) is 2. The first kappa shape index (κ1) is 18.2. The lowest BCUT2D eigenvalue weighted by molar-refractivity contribution is -0.137. The van der Waals surface area contributed by atoms with Gasteiger partial charge in [0, 0.05) is 34.8 Å². The Bertz CT molecular complexity index is 924. The standard InChI is InChI=1S/C21H20F3NO/c1-2-3-8-13-25-14-17(15-9-5-7-12-19(15)25)20(26)16-10-4-6-11-18(16)21(22,23)24/h4-7,9-12,14H,2-3,8,13H2,1H3. The molecule has 3 aromatic rings. The summed E-state index contributed by atoms with van der Waals surface area (Å²) in [5, 5.41) is 0.686. The van der Waals surface area contributed by atoms with Gasteiger partial charge in [-0.15, -0.1) is 0 Å². The number of halogens is 3. The highest BCUT2D eigenvalue weighted by atomic mass is 19.4. The predicted molar refractivity (Wildman–Crippen MR) is 96.3 cm³/mol. The van der Waals surface area contributed by atoms with Gasteiger partial charge in [-0.1, -0.05) is 56.2 Å². The van der Waals surface area contributed by atoms with E-state index in [4.69, 9.17) is 0 Å². The highest BCUT2D eigenvalue weighted by Crippen LogP contribution is 2.34. The second-order valence-corrected chi connectivity index (χ2v) is 6.33. The normalized spacial score (nSPS) is 11.8. The Morgan fingerprint density at radius 2 is 1.65 bits per heavy atom. The van der Waals surface area contributed by atoms with E-state index in [0.29, 0.717) is 10.9 Å². The molecule has 0 amide bonds. The molecule has 0 bridgehead atoms. The zero-order valence-corrected chi connectivity index (χ0v) is 14.5. The van der Waals surface area contributed by atoms with Crippen LogP contribution in [-0.2, 0) is 12.7 Å². The topological polar surface area (TPSA) is 22.0 Å². The number of hydrogen-bond donors (Lipinski definition) is 0. The summed E-state index contributed by atoms with van der Waals surface area (Å²) in [4.78, 5) is 13.0. The summed E-state index contributed by atoms with van der Waals surface area (Å²) in [6.45, 7) is 2.85. The lowest BCUT2D eigenvalue weighted by atomic mass is 9.98. The first-order valence-electron chi connectivity index (χ1n) is 8.72. The van der Waals surface area contributed by atoms with Crippen molar-refractivity contribution < 1.29 is 18.0 Å². The third-order valence-electron chi connectivity index (χ3n) is 4.51. The Hall–Kier alpha value is -2.56. The highest BCUT2D eigenvalue weighted by Gasteiger charge is 2.35. The van der Waals surface area contributed by atoms with E-state index in [1.54, 1.807) is 18.3 Å². The van der Waals surface area contributed by atoms with E-state index in [-0.39, 0.29) is 5.56 Å². The molecule has 2 nitrogen and oxygen atoms in total. The average molecular weight is 359 g/mol. The van der Waals surface area contributed by atoms with E-state index >= 15 is 0 Å². The summed E-state index contributed by atoms with van der Waals surface area (Å²) in [6.07, 6.45) is 0.222. The summed E-state index contributed by atoms with van der Waals surface area (Å²) in [7, 11) is 0. The van der Waals surface area contributed by atoms with Gasteiger partial charge in [0.05, 0.1) is 5.56 Å². The summed E-state index contributed by atoms with van der Waals surface area (Å²) < 4.78 is 41.8. The molecule has 0 unspecified atom stereocenters. The maximum absolute atomic E-state index is 13.3. The molecule has 0 aliphatic heterocycles. The van der Waals surface area contributed by atoms with Crippen LogP contribution in [0.5, 0.6) is 0 Å². The molecule has 0 aliphatic carbocycles. The monoisotopic (exact) mass is 359 g/mol. The van der Waals surface area contributed by atoms with Gasteiger partial charge in [-0.05, 0) is 18.6 Å². The maximum atomic E-state index is 13.3. The number of aromatic nitrogens is 1. The molecular formula is C21H20F3NO. The van der Waals surface area contributed by atoms with Gasteiger partial charge in [0.25, 0.3) is 0 Å². The van der Waals surface area contributed by atoms with E-state index < -0.39 is 17.5 Å². The van der Waals surface area contributed by atoms with Crippen molar-refractivity contribution in [3.8, 4) is 0 Å². The molecule has 2 aromatic carbocycles. The first-order valence-corrected chi connectivity index (χ1v) is 8.72. The second kappa shape index (κ2) is 7.36. The molecule has 0 N–H and O–H groups in total. The summed E-state index contributed by atoms with van der Waals surface area (Å²) >= 11 is 0. The molecule has 0 spiro atoms. The van der Waals surface area contributed by atoms with Gasteiger partial charge in [0.2, 0.25) is 0 Å². The minimum absolute atomic E-state index is 0.309. The van der Waals surface area contributed by atoms with E-state index in [2.05, 4.69) is 6.92 Å². The van der Waals surface area contributed by atoms with Crippen LogP contribution in [0.1, 0.15) is 47.7 Å². The number of rotatable bonds is 6. The predicted octanol–water partition coefficient (Wildman–Crippen LogP) is 6.08. The third kappa shape index (κ3) is 3.52. The van der Waals surface area contributed by atoms with Gasteiger partial charge < -0.3 is 4.57 Å². The summed E-state index contributed by atoms with van der Waals surface area (Å²) in [5.74, 6) is -0.594. The van der Waals surface area contributed by atoms with Crippen LogP contribution >= 0.6 is 0 Å². The van der Waals surface area contributed by atoms with Gasteiger partial charge in [-0.3, -0.25) is 4.79 Å². The van der Waals surface area contributed by atoms with Gasteiger partial charge in [0.1, 0.15) is 0 Å². The van der Waals surface area contributed by atoms with Gasteiger partial charge in [-0.25, -0.2) is 0 Å². The van der Waals surface area contributed by atoms with Crippen LogP contribution in [0.15, 0.2) is 54.7 Å². The van der Waals surface area contributed by atoms with Gasteiger partial charge in [0.15, 0.2) is 5.78 Å². The number of benzene rings is 2. The molecule has 1 heterocycles. The lowest BCUT2D eigenvalue weighted by Crippen LogP contribution is -2.13. The number of alkyl halides is 3. The number of hydrogen-bond acceptors (Lipinski definition) is 1. The van der Waals surface area contributed by atoms with Crippen LogP contribution in [0.4, 0.5) is 13.2 Å². The Morgan fingerprint density at radius 1 is 0.962 bits per heavy atom. The number of fused-ring (bicyclic) bond motifs is 1. The highest BCUT2D eigenvalue weighted by molar-refractivity contribution is 6.17. The average Bonchev–Trinajstić information content (AvgIpc) is 3.00. The summed E-state index contributed by atoms with van der Waals surface area (Å²) in [5.41, 5.74) is -0.0190. The molecule has 3 rings (SSSR count). The first-order chi connectivity index (χ1) is 12.4. The molecule has 5 heteroatoms. The zero-order chi connectivity index (χ0) is 18.7. The molecule has 0 atom stereocenters. The molecule has 0 fully saturated rings. The van der Waals surface area contributed by atoms with Crippen molar-refractivity contribution in [3.05, 3.63) is 71.4 Å². The van der Waals surface area contributed by atoms with E-state index in [1.807, 2.05) is 16.7 Å². The van der Waals surface area contributed by atoms with Crippen LogP contribution in [0.2, 0.25) is 0 Å². The second-order valence-electron chi connectivity index (χ2n) is 6.33. The van der Waals surface area contributed by atoms with Gasteiger partial charge >= 0.3 is 6.18 Å². The minimum atomic E-state index is -4.56. The number of carbonyl (C=O) groups is 1. The van der Waals surface area contributed by atoms with Crippen molar-refractivity contribution in [3.63, 3.8) is 0 Å². The van der Waals surface area contributed by atoms with Crippen molar-refractivity contribution in [1.29, 1.82) is 0 Å². The van der Waals surface area contributed by atoms with Crippen LogP contribution < -0.4 is 0 Å². The lowest BCUT2D eigenvalue weighted by Gasteiger charge is -2.11. The number of aryl methyl sites for hydroxylation is 1. The van der Waals surface area contributed by atoms with Crippen molar-refractivity contribution in [2.75, 3.05) is 0 Å². The smallest absolute Gasteiger partial charge is 0.347 e. The zero-order valence-electron chi connectivity index (χ0n) is 14.5. The molecule has 26 heavy (non-hydrogen) atoms. The minimum Gasteiger partial charge on any atom is -0.347 e. The van der Waals surface area contributed by atoms with Crippen molar-refractivity contribution in [2.24, 2.45) is 0 Å². The number of nitrogens with zero attached hydrogens (tertiary/aromatic N) is 1. The molecular weight excluding hydrogens is 339 g/mol. The maximum Gasteiger partial charge on any atom is 0.417 e. The Morgan fingerprint density at radius 3 is 2.38 bits per heavy atom. The number of ketones is 1. The van der Waals surface area contributed by atoms with Crippen LogP contribution in [0, 0.1) is 0 Å². The molecule has 136 valence electrons. The molecule has 1 aromatic heterocycles. The van der Waals surface area contributed by atoms with Gasteiger partial charge in [-0.2, -0.15) is 13.2 Å². The Balaban J connectivity index is 2.08. The fourth-order valence-corrected chi connectivity index (χ4v) is 3.22. The number of para-hydroxylation sites is 1. The van der Waals surface area contributed by atoms with E-state index in [9.17, 15) is 18.0 Å². The quantitative estimate of drug-likeness (QED) is 0.386. The van der Waals surface area contributed by atoms with Crippen molar-refractivity contribution in [1.82, 2.24) is 4.57 Å². The van der Waals surface area contributed by atoms with Crippen LogP contribution in [0.25, 0.3) is 10.9 Å². The molecule has 0 aliphatic rings. The Labute approximate surface area is 150 Å². The SMILES string of the molecule is CCCCCn1cc(C(=O)c2ccccc2C(F)(F)F)c2ccccc21. The molecule has 0 radical (unpaired) electrons. The van der Waals surface area contributed by atoms with Crippen molar-refractivity contribution >= 4 is 16.7 Å². The van der Waals surface area contributed by atoms with Crippen LogP contribution in [0.3, 0.4) is 0 Å². The molecule has 0 saturated heterocycles. The number of carbonyl (C=O) groups excluding carboxylic acids is 1.